The third-order valence-electron chi connectivity index (χ3n) is 2.49. The summed E-state index contributed by atoms with van der Waals surface area (Å²) < 4.78 is 0. The third kappa shape index (κ3) is 1.34. The normalized spacial score (nSPS) is 15.9. The number of hydrogen-bond donors (Lipinski definition) is 1. The van der Waals surface area contributed by atoms with Crippen LogP contribution in [0.2, 0.25) is 0 Å². The first-order valence-electron chi connectivity index (χ1n) is 5.00. The summed E-state index contributed by atoms with van der Waals surface area (Å²) in [6.45, 7) is 6.50. The zero-order valence-electron chi connectivity index (χ0n) is 9.20. The molecule has 0 unspecified atom stereocenters. The fourth-order valence-corrected chi connectivity index (χ4v) is 1.94. The molecule has 3 heteroatoms. The molecule has 0 radical (unpaired) electrons. The minimum atomic E-state index is 0.468. The van der Waals surface area contributed by atoms with E-state index in [1.807, 2.05) is 12.2 Å². The lowest BCUT2D eigenvalue weighted by atomic mass is 10.2. The van der Waals surface area contributed by atoms with E-state index in [1.54, 1.807) is 0 Å². The predicted octanol–water partition coefficient (Wildman–Crippen LogP) is 2.40. The van der Waals surface area contributed by atoms with E-state index in [0.717, 1.165) is 0 Å². The fourth-order valence-electron chi connectivity index (χ4n) is 1.94. The van der Waals surface area contributed by atoms with Gasteiger partial charge in [0.15, 0.2) is 0 Å². The quantitative estimate of drug-likeness (QED) is 0.735. The Morgan fingerprint density at radius 2 is 2.00 bits per heavy atom. The lowest BCUT2D eigenvalue weighted by molar-refractivity contribution is 0.355. The summed E-state index contributed by atoms with van der Waals surface area (Å²) in [5.41, 5.74) is 7.07. The highest BCUT2D eigenvalue weighted by atomic mass is 15.8. The van der Waals surface area contributed by atoms with Crippen molar-refractivity contribution >= 4 is 11.4 Å². The number of hydrogen-bond acceptors (Lipinski definition) is 3. The molecule has 0 aromatic heterocycles. The maximum atomic E-state index is 3.32. The van der Waals surface area contributed by atoms with Gasteiger partial charge in [-0.3, -0.25) is 10.4 Å². The molecule has 2 rings (SSSR count). The molecule has 0 bridgehead atoms. The topological polar surface area (TPSA) is 18.5 Å². The molecule has 1 aromatic rings. The molecule has 14 heavy (non-hydrogen) atoms. The van der Waals surface area contributed by atoms with Crippen molar-refractivity contribution in [1.82, 2.24) is 5.12 Å². The van der Waals surface area contributed by atoms with Crippen molar-refractivity contribution in [1.29, 1.82) is 0 Å². The van der Waals surface area contributed by atoms with Crippen molar-refractivity contribution in [2.45, 2.75) is 26.8 Å². The van der Waals surface area contributed by atoms with E-state index in [0.29, 0.717) is 6.04 Å². The number of benzene rings is 1. The van der Waals surface area contributed by atoms with Crippen LogP contribution in [0.25, 0.3) is 0 Å². The van der Waals surface area contributed by atoms with Gasteiger partial charge in [-0.15, -0.1) is 5.12 Å². The molecule has 1 aliphatic heterocycles. The van der Waals surface area contributed by atoms with Gasteiger partial charge in [0, 0.05) is 13.1 Å². The summed E-state index contributed by atoms with van der Waals surface area (Å²) in [6, 6.07) is 6.94. The molecule has 1 heterocycles. The van der Waals surface area contributed by atoms with Gasteiger partial charge in [0.25, 0.3) is 0 Å². The van der Waals surface area contributed by atoms with Crippen LogP contribution in [0.1, 0.15) is 19.4 Å². The van der Waals surface area contributed by atoms with Crippen molar-refractivity contribution < 1.29 is 0 Å². The van der Waals surface area contributed by atoms with E-state index in [9.17, 15) is 0 Å². The number of rotatable bonds is 1. The molecule has 1 aliphatic rings. The molecule has 1 N–H and O–H groups in total. The number of nitrogens with zero attached hydrogens (tertiary/aromatic N) is 2. The summed E-state index contributed by atoms with van der Waals surface area (Å²) in [4.78, 5) is 0. The first kappa shape index (κ1) is 9.34. The molecule has 0 spiro atoms. The number of fused-ring (bicyclic) bond motifs is 1. The summed E-state index contributed by atoms with van der Waals surface area (Å²) >= 11 is 0. The molecule has 0 amide bonds. The Labute approximate surface area is 85.3 Å². The summed E-state index contributed by atoms with van der Waals surface area (Å²) in [7, 11) is 2.04. The molecule has 1 aromatic carbocycles. The molecule has 0 aliphatic carbocycles. The van der Waals surface area contributed by atoms with Gasteiger partial charge in [0.2, 0.25) is 0 Å². The second-order valence-corrected chi connectivity index (χ2v) is 4.09. The first-order chi connectivity index (χ1) is 6.59. The molecule has 0 saturated heterocycles. The third-order valence-corrected chi connectivity index (χ3v) is 2.49. The lowest BCUT2D eigenvalue weighted by Gasteiger charge is -2.29. The van der Waals surface area contributed by atoms with E-state index >= 15 is 0 Å². The van der Waals surface area contributed by atoms with Crippen LogP contribution in [0.5, 0.6) is 0 Å². The smallest absolute Gasteiger partial charge is 0.0790 e. The Morgan fingerprint density at radius 1 is 1.29 bits per heavy atom. The Morgan fingerprint density at radius 3 is 2.64 bits per heavy atom. The van der Waals surface area contributed by atoms with Crippen molar-refractivity contribution in [3.8, 4) is 0 Å². The van der Waals surface area contributed by atoms with Gasteiger partial charge in [0.05, 0.1) is 11.4 Å². The predicted molar refractivity (Wildman–Crippen MR) is 60.2 cm³/mol. The highest BCUT2D eigenvalue weighted by molar-refractivity contribution is 5.74. The highest BCUT2D eigenvalue weighted by Gasteiger charge is 2.25. The number of hydrazine groups is 2. The van der Waals surface area contributed by atoms with Crippen LogP contribution in [0.3, 0.4) is 0 Å². The van der Waals surface area contributed by atoms with Gasteiger partial charge in [0.1, 0.15) is 0 Å². The minimum absolute atomic E-state index is 0.468. The van der Waals surface area contributed by atoms with Crippen LogP contribution < -0.4 is 10.4 Å². The monoisotopic (exact) mass is 191 g/mol. The largest absolute Gasteiger partial charge is 0.299 e. The SMILES string of the molecule is Cc1ccc2c(c1)N(C(C)C)N(C)N2. The van der Waals surface area contributed by atoms with E-state index in [1.165, 1.54) is 16.9 Å². The molecule has 3 nitrogen and oxygen atoms in total. The van der Waals surface area contributed by atoms with E-state index in [4.69, 9.17) is 0 Å². The number of nitrogens with one attached hydrogen (secondary N) is 1. The van der Waals surface area contributed by atoms with Gasteiger partial charge in [-0.1, -0.05) is 6.07 Å². The zero-order valence-corrected chi connectivity index (χ0v) is 9.20. The second-order valence-electron chi connectivity index (χ2n) is 4.09. The average molecular weight is 191 g/mol. The Kier molecular flexibility index (Phi) is 2.11. The van der Waals surface area contributed by atoms with E-state index in [2.05, 4.69) is 49.4 Å². The van der Waals surface area contributed by atoms with E-state index in [-0.39, 0.29) is 0 Å². The second kappa shape index (κ2) is 3.17. The molecular weight excluding hydrogens is 174 g/mol. The van der Waals surface area contributed by atoms with Crippen LogP contribution in [-0.2, 0) is 0 Å². The van der Waals surface area contributed by atoms with Crippen molar-refractivity contribution in [2.75, 3.05) is 17.5 Å². The average Bonchev–Trinajstić information content (AvgIpc) is 2.40. The molecule has 0 atom stereocenters. The van der Waals surface area contributed by atoms with Crippen LogP contribution in [0.4, 0.5) is 11.4 Å². The molecule has 76 valence electrons. The maximum Gasteiger partial charge on any atom is 0.0790 e. The Balaban J connectivity index is 2.44. The van der Waals surface area contributed by atoms with Crippen molar-refractivity contribution in [2.24, 2.45) is 0 Å². The van der Waals surface area contributed by atoms with Gasteiger partial charge in [-0.25, -0.2) is 0 Å². The Bertz CT molecular complexity index is 346. The maximum absolute atomic E-state index is 3.32. The fraction of sp³-hybridized carbons (Fsp3) is 0.455. The van der Waals surface area contributed by atoms with Gasteiger partial charge in [-0.2, -0.15) is 0 Å². The summed E-state index contributed by atoms with van der Waals surface area (Å²) in [6.07, 6.45) is 0. The van der Waals surface area contributed by atoms with Crippen molar-refractivity contribution in [3.63, 3.8) is 0 Å². The number of aryl methyl sites for hydroxylation is 1. The molecular formula is C11H17N3. The minimum Gasteiger partial charge on any atom is -0.299 e. The molecule has 0 fully saturated rings. The number of anilines is 2. The highest BCUT2D eigenvalue weighted by Crippen LogP contribution is 2.34. The standard InChI is InChI=1S/C11H17N3/c1-8(2)14-11-7-9(3)5-6-10(11)12-13(14)4/h5-8,12H,1-4H3. The van der Waals surface area contributed by atoms with Gasteiger partial charge < -0.3 is 0 Å². The van der Waals surface area contributed by atoms with Crippen molar-refractivity contribution in [3.05, 3.63) is 23.8 Å². The summed E-state index contributed by atoms with van der Waals surface area (Å²) in [5.74, 6) is 0. The summed E-state index contributed by atoms with van der Waals surface area (Å²) in [5, 5.41) is 4.29. The van der Waals surface area contributed by atoms with Gasteiger partial charge in [-0.05, 0) is 38.5 Å². The zero-order chi connectivity index (χ0) is 10.3. The van der Waals surface area contributed by atoms with E-state index < -0.39 is 0 Å². The van der Waals surface area contributed by atoms with Crippen LogP contribution >= 0.6 is 0 Å². The van der Waals surface area contributed by atoms with Crippen LogP contribution in [0, 0.1) is 6.92 Å². The molecule has 0 saturated carbocycles. The van der Waals surface area contributed by atoms with Crippen LogP contribution in [-0.4, -0.2) is 18.2 Å². The lowest BCUT2D eigenvalue weighted by Crippen LogP contribution is -2.42. The van der Waals surface area contributed by atoms with Gasteiger partial charge >= 0.3 is 0 Å². The van der Waals surface area contributed by atoms with Crippen LogP contribution in [0.15, 0.2) is 18.2 Å². The Hall–Kier alpha value is -1.22. The first-order valence-corrected chi connectivity index (χ1v) is 5.00.